The van der Waals surface area contributed by atoms with E-state index in [1.807, 2.05) is 24.3 Å². The monoisotopic (exact) mass is 544 g/mol. The molecule has 9 heteroatoms. The fraction of sp³-hybridized carbons (Fsp3) is 0.375. The number of nitrogens with zero attached hydrogens (tertiary/aromatic N) is 4. The molecule has 3 rings (SSSR count). The molecule has 1 radical (unpaired) electrons. The van der Waals surface area contributed by atoms with Crippen LogP contribution in [0.3, 0.4) is 0 Å². The van der Waals surface area contributed by atoms with Gasteiger partial charge in [0.1, 0.15) is 5.75 Å². The second kappa shape index (κ2) is 17.4. The summed E-state index contributed by atoms with van der Waals surface area (Å²) in [5.74, 6) is 0.876. The molecule has 2 aromatic rings. The normalized spacial score (nSPS) is 15.0. The largest absolute Gasteiger partial charge is 0.497 e. The summed E-state index contributed by atoms with van der Waals surface area (Å²) in [5.41, 5.74) is 0. The van der Waals surface area contributed by atoms with Gasteiger partial charge in [-0.1, -0.05) is 6.33 Å². The van der Waals surface area contributed by atoms with Crippen LogP contribution in [0, 0.1) is 12.8 Å². The predicted octanol–water partition coefficient (Wildman–Crippen LogP) is 1.06. The summed E-state index contributed by atoms with van der Waals surface area (Å²) in [4.78, 5) is 4.69. The molecule has 2 heterocycles. The van der Waals surface area contributed by atoms with Crippen molar-refractivity contribution in [3.8, 4) is 18.6 Å². The van der Waals surface area contributed by atoms with Gasteiger partial charge in [0.2, 0.25) is 0 Å². The third-order valence-corrected chi connectivity index (χ3v) is 3.80. The van der Waals surface area contributed by atoms with Gasteiger partial charge in [-0.2, -0.15) is 0 Å². The molecule has 1 aromatic heterocycles. The number of rotatable bonds is 3. The van der Waals surface area contributed by atoms with Crippen LogP contribution in [0.25, 0.3) is 0 Å². The first-order valence-electron chi connectivity index (χ1n) is 7.04. The maximum atomic E-state index is 9.38. The number of β-amino-alcohol motifs (C(OH)–C–C–N with tert-alkyl or cyclic N) is 1. The van der Waals surface area contributed by atoms with Crippen molar-refractivity contribution >= 4 is 11.9 Å². The molecule has 1 aliphatic rings. The number of hydrogen-bond donors (Lipinski definition) is 2. The molecule has 0 amide bonds. The molecule has 7 nitrogen and oxygen atoms in total. The first-order valence-corrected chi connectivity index (χ1v) is 7.81. The third-order valence-electron chi connectivity index (χ3n) is 2.72. The van der Waals surface area contributed by atoms with E-state index in [9.17, 15) is 5.11 Å². The standard InChI is InChI=1S/C11H15NO2S.C2H2N3.C2H2.CH4O.Ir/c1-14-10-2-4-11(5-3-10)15-12-7-6-9(13)8-12;1-3-2-5-4-1;2*1-2;/h2-5,9,13H,6-8H2,1H3;1-2H;1-2H;2H,1H3;/q;-1;;;/t9-;;;;/m0..../s1. The maximum Gasteiger partial charge on any atom is 0.118 e. The van der Waals surface area contributed by atoms with Crippen molar-refractivity contribution in [1.29, 1.82) is 0 Å². The molecule has 141 valence electrons. The van der Waals surface area contributed by atoms with Gasteiger partial charge < -0.3 is 25.0 Å². The van der Waals surface area contributed by atoms with Crippen LogP contribution < -0.4 is 9.84 Å². The van der Waals surface area contributed by atoms with E-state index in [1.54, 1.807) is 19.1 Å². The first-order chi connectivity index (χ1) is 11.8. The minimum Gasteiger partial charge on any atom is -0.497 e. The van der Waals surface area contributed by atoms with Gasteiger partial charge in [0, 0.05) is 51.5 Å². The van der Waals surface area contributed by atoms with Crippen molar-refractivity contribution in [1.82, 2.24) is 19.5 Å². The minimum atomic E-state index is -0.157. The van der Waals surface area contributed by atoms with E-state index in [4.69, 9.17) is 9.84 Å². The summed E-state index contributed by atoms with van der Waals surface area (Å²) in [6.45, 7) is 1.72. The molecule has 25 heavy (non-hydrogen) atoms. The van der Waals surface area contributed by atoms with E-state index in [0.29, 0.717) is 0 Å². The number of aliphatic hydroxyl groups is 2. The Morgan fingerprint density at radius 2 is 1.92 bits per heavy atom. The van der Waals surface area contributed by atoms with E-state index >= 15 is 0 Å². The van der Waals surface area contributed by atoms with Crippen LogP contribution in [0.2, 0.25) is 0 Å². The summed E-state index contributed by atoms with van der Waals surface area (Å²) in [6.07, 6.45) is 11.5. The number of aromatic nitrogens is 3. The molecule has 1 atom stereocenters. The van der Waals surface area contributed by atoms with E-state index in [0.717, 1.165) is 32.4 Å². The molecular formula is C16H23IrN4O3S-. The van der Waals surface area contributed by atoms with Gasteiger partial charge in [-0.25, -0.2) is 4.31 Å². The summed E-state index contributed by atoms with van der Waals surface area (Å²) < 4.78 is 7.28. The summed E-state index contributed by atoms with van der Waals surface area (Å²) >= 11 is 1.69. The van der Waals surface area contributed by atoms with E-state index in [2.05, 4.69) is 32.3 Å². The Morgan fingerprint density at radius 3 is 2.28 bits per heavy atom. The quantitative estimate of drug-likeness (QED) is 0.439. The fourth-order valence-corrected chi connectivity index (χ4v) is 2.73. The molecule has 1 saturated heterocycles. The van der Waals surface area contributed by atoms with Crippen LogP contribution in [-0.4, -0.2) is 58.0 Å². The Morgan fingerprint density at radius 1 is 1.28 bits per heavy atom. The molecule has 0 unspecified atom stereocenters. The fourth-order valence-electron chi connectivity index (χ4n) is 1.73. The molecule has 1 aromatic carbocycles. The average molecular weight is 544 g/mol. The topological polar surface area (TPSA) is 92.8 Å². The summed E-state index contributed by atoms with van der Waals surface area (Å²) in [5, 5.41) is 23.1. The van der Waals surface area contributed by atoms with Crippen molar-refractivity contribution in [2.45, 2.75) is 17.4 Å². The zero-order valence-electron chi connectivity index (χ0n) is 14.2. The predicted molar refractivity (Wildman–Crippen MR) is 94.4 cm³/mol. The molecule has 0 aliphatic carbocycles. The second-order valence-electron chi connectivity index (χ2n) is 4.21. The van der Waals surface area contributed by atoms with Crippen LogP contribution in [0.1, 0.15) is 6.42 Å². The van der Waals surface area contributed by atoms with Crippen molar-refractivity contribution < 1.29 is 35.1 Å². The summed E-state index contributed by atoms with van der Waals surface area (Å²) in [6, 6.07) is 7.98. The van der Waals surface area contributed by atoms with Crippen molar-refractivity contribution in [2.24, 2.45) is 0 Å². The van der Waals surface area contributed by atoms with Gasteiger partial charge in [-0.05, 0) is 42.6 Å². The van der Waals surface area contributed by atoms with Crippen LogP contribution in [0.5, 0.6) is 5.75 Å². The third kappa shape index (κ3) is 11.7. The number of hydrogen-bond acceptors (Lipinski definition) is 7. The van der Waals surface area contributed by atoms with Crippen molar-refractivity contribution in [2.75, 3.05) is 27.3 Å². The molecule has 1 fully saturated rings. The Kier molecular flexibility index (Phi) is 18.0. The Hall–Kier alpha value is -1.40. The van der Waals surface area contributed by atoms with E-state index < -0.39 is 0 Å². The molecule has 1 aliphatic heterocycles. The average Bonchev–Trinajstić information content (AvgIpc) is 3.35. The number of ether oxygens (including phenoxy) is 1. The van der Waals surface area contributed by atoms with Crippen LogP contribution >= 0.6 is 11.9 Å². The van der Waals surface area contributed by atoms with Crippen LogP contribution in [-0.2, 0) is 20.1 Å². The zero-order chi connectivity index (χ0) is 18.2. The first kappa shape index (κ1) is 25.8. The molecule has 0 saturated carbocycles. The smallest absolute Gasteiger partial charge is 0.118 e. The molecular weight excluding hydrogens is 520 g/mol. The van der Waals surface area contributed by atoms with Gasteiger partial charge in [0.15, 0.2) is 0 Å². The number of terminal acetylenes is 1. The Balaban J connectivity index is 0. The van der Waals surface area contributed by atoms with Crippen LogP contribution in [0.4, 0.5) is 0 Å². The maximum absolute atomic E-state index is 9.38. The number of benzene rings is 1. The van der Waals surface area contributed by atoms with Crippen LogP contribution in [0.15, 0.2) is 41.8 Å². The Labute approximate surface area is 166 Å². The summed E-state index contributed by atoms with van der Waals surface area (Å²) in [7, 11) is 2.67. The minimum absolute atomic E-state index is 0. The molecule has 0 bridgehead atoms. The molecule has 0 spiro atoms. The SMILES string of the molecule is C#C.CO.COc1ccc(SN2CC[C@H](O)C2)cc1.[Ir].c1nc[n-]n1. The van der Waals surface area contributed by atoms with Gasteiger partial charge in [-0.3, -0.25) is 5.10 Å². The van der Waals surface area contributed by atoms with E-state index in [-0.39, 0.29) is 26.2 Å². The van der Waals surface area contributed by atoms with Gasteiger partial charge in [0.25, 0.3) is 0 Å². The van der Waals surface area contributed by atoms with Gasteiger partial charge >= 0.3 is 0 Å². The number of aliphatic hydroxyl groups excluding tert-OH is 2. The van der Waals surface area contributed by atoms with Gasteiger partial charge in [0.05, 0.1) is 13.2 Å². The van der Waals surface area contributed by atoms with E-state index in [1.165, 1.54) is 17.6 Å². The van der Waals surface area contributed by atoms with Crippen molar-refractivity contribution in [3.05, 3.63) is 36.9 Å². The second-order valence-corrected chi connectivity index (χ2v) is 5.38. The van der Waals surface area contributed by atoms with Gasteiger partial charge in [-0.15, -0.1) is 12.8 Å². The van der Waals surface area contributed by atoms with Crippen molar-refractivity contribution in [3.63, 3.8) is 0 Å². The zero-order valence-corrected chi connectivity index (χ0v) is 17.4. The Bertz CT molecular complexity index is 509. The molecule has 2 N–H and O–H groups in total. The number of methoxy groups -OCH3 is 1.